The maximum Gasteiger partial charge on any atom is 0.240 e. The molecule has 0 unspecified atom stereocenters. The van der Waals surface area contributed by atoms with E-state index in [-0.39, 0.29) is 23.0 Å². The zero-order valence-corrected chi connectivity index (χ0v) is 10.5. The van der Waals surface area contributed by atoms with Gasteiger partial charge in [-0.3, -0.25) is 4.79 Å². The Kier molecular flexibility index (Phi) is 4.86. The predicted molar refractivity (Wildman–Crippen MR) is 62.9 cm³/mol. The summed E-state index contributed by atoms with van der Waals surface area (Å²) in [6.07, 6.45) is 1.80. The average molecular weight is 278 g/mol. The summed E-state index contributed by atoms with van der Waals surface area (Å²) in [5, 5.41) is 0.102. The van der Waals surface area contributed by atoms with Crippen molar-refractivity contribution in [3.8, 4) is 0 Å². The van der Waals surface area contributed by atoms with E-state index in [0.29, 0.717) is 6.42 Å². The third-order valence-corrected chi connectivity index (χ3v) is 3.57. The van der Waals surface area contributed by atoms with Crippen molar-refractivity contribution in [1.29, 1.82) is 0 Å². The van der Waals surface area contributed by atoms with Crippen LogP contribution in [0.5, 0.6) is 0 Å². The van der Waals surface area contributed by atoms with E-state index in [9.17, 15) is 13.2 Å². The SMILES string of the molecule is NC(=O)CCCNS(=O)(=O)c1ccnc(Cl)c1. The Bertz CT molecular complexity index is 504. The first-order valence-electron chi connectivity index (χ1n) is 4.81. The molecule has 1 aromatic rings. The van der Waals surface area contributed by atoms with Gasteiger partial charge in [-0.2, -0.15) is 0 Å². The Labute approximate surface area is 104 Å². The monoisotopic (exact) mass is 277 g/mol. The van der Waals surface area contributed by atoms with Gasteiger partial charge in [0, 0.05) is 19.2 Å². The van der Waals surface area contributed by atoms with Crippen molar-refractivity contribution < 1.29 is 13.2 Å². The molecule has 1 aromatic heterocycles. The van der Waals surface area contributed by atoms with Crippen molar-refractivity contribution in [3.05, 3.63) is 23.5 Å². The highest BCUT2D eigenvalue weighted by atomic mass is 35.5. The standard InChI is InChI=1S/C9H12ClN3O3S/c10-8-6-7(3-5-12-8)17(15,16)13-4-1-2-9(11)14/h3,5-6,13H,1-2,4H2,(H2,11,14). The fourth-order valence-corrected chi connectivity index (χ4v) is 2.43. The Hall–Kier alpha value is -1.18. The number of aromatic nitrogens is 1. The van der Waals surface area contributed by atoms with E-state index in [0.717, 1.165) is 0 Å². The molecule has 0 aliphatic heterocycles. The lowest BCUT2D eigenvalue weighted by Gasteiger charge is -2.05. The van der Waals surface area contributed by atoms with Crippen LogP contribution in [0, 0.1) is 0 Å². The van der Waals surface area contributed by atoms with Crippen molar-refractivity contribution >= 4 is 27.5 Å². The van der Waals surface area contributed by atoms with Gasteiger partial charge in [-0.05, 0) is 18.6 Å². The number of pyridine rings is 1. The number of halogens is 1. The van der Waals surface area contributed by atoms with E-state index >= 15 is 0 Å². The highest BCUT2D eigenvalue weighted by molar-refractivity contribution is 7.89. The fraction of sp³-hybridized carbons (Fsp3) is 0.333. The third kappa shape index (κ3) is 4.68. The lowest BCUT2D eigenvalue weighted by atomic mass is 10.3. The Balaban J connectivity index is 2.60. The van der Waals surface area contributed by atoms with Crippen LogP contribution in [0.3, 0.4) is 0 Å². The molecular formula is C9H12ClN3O3S. The van der Waals surface area contributed by atoms with E-state index in [1.165, 1.54) is 18.3 Å². The second-order valence-corrected chi connectivity index (χ2v) is 5.44. The first-order valence-corrected chi connectivity index (χ1v) is 6.67. The quantitative estimate of drug-likeness (QED) is 0.576. The number of amides is 1. The summed E-state index contributed by atoms with van der Waals surface area (Å²) in [5.74, 6) is -0.462. The summed E-state index contributed by atoms with van der Waals surface area (Å²) in [7, 11) is -3.61. The normalized spacial score (nSPS) is 11.4. The molecule has 0 bridgehead atoms. The van der Waals surface area contributed by atoms with Gasteiger partial charge in [0.2, 0.25) is 15.9 Å². The Morgan fingerprint density at radius 2 is 2.24 bits per heavy atom. The number of hydrogen-bond acceptors (Lipinski definition) is 4. The van der Waals surface area contributed by atoms with Gasteiger partial charge in [0.15, 0.2) is 0 Å². The van der Waals surface area contributed by atoms with Crippen LogP contribution in [0.4, 0.5) is 0 Å². The van der Waals surface area contributed by atoms with Crippen LogP contribution in [-0.2, 0) is 14.8 Å². The molecule has 1 rings (SSSR count). The summed E-state index contributed by atoms with van der Waals surface area (Å²) >= 11 is 5.59. The molecule has 0 aromatic carbocycles. The summed E-state index contributed by atoms with van der Waals surface area (Å²) in [5.41, 5.74) is 4.93. The molecule has 0 saturated heterocycles. The molecule has 0 spiro atoms. The molecule has 0 atom stereocenters. The molecule has 1 amide bonds. The van der Waals surface area contributed by atoms with E-state index < -0.39 is 15.9 Å². The highest BCUT2D eigenvalue weighted by Gasteiger charge is 2.13. The van der Waals surface area contributed by atoms with Gasteiger partial charge in [0.25, 0.3) is 0 Å². The highest BCUT2D eigenvalue weighted by Crippen LogP contribution is 2.12. The summed E-state index contributed by atoms with van der Waals surface area (Å²) in [6, 6.07) is 2.58. The van der Waals surface area contributed by atoms with Gasteiger partial charge in [-0.25, -0.2) is 18.1 Å². The molecule has 0 saturated carbocycles. The molecule has 3 N–H and O–H groups in total. The molecule has 1 heterocycles. The Morgan fingerprint density at radius 3 is 2.82 bits per heavy atom. The lowest BCUT2D eigenvalue weighted by molar-refractivity contribution is -0.118. The van der Waals surface area contributed by atoms with Crippen LogP contribution in [-0.4, -0.2) is 25.9 Å². The molecule has 17 heavy (non-hydrogen) atoms. The Morgan fingerprint density at radius 1 is 1.53 bits per heavy atom. The van der Waals surface area contributed by atoms with Gasteiger partial charge in [-0.15, -0.1) is 0 Å². The number of primary amides is 1. The molecule has 0 aliphatic rings. The predicted octanol–water partition coefficient (Wildman–Crippen LogP) is 0.279. The first kappa shape index (κ1) is 13.9. The molecule has 0 aliphatic carbocycles. The minimum atomic E-state index is -3.61. The van der Waals surface area contributed by atoms with Crippen molar-refractivity contribution in [2.75, 3.05) is 6.54 Å². The fourth-order valence-electron chi connectivity index (χ4n) is 1.10. The number of carbonyl (C=O) groups is 1. The topological polar surface area (TPSA) is 102 Å². The average Bonchev–Trinajstić information content (AvgIpc) is 2.24. The number of rotatable bonds is 6. The van der Waals surface area contributed by atoms with Crippen LogP contribution in [0.15, 0.2) is 23.2 Å². The lowest BCUT2D eigenvalue weighted by Crippen LogP contribution is -2.25. The molecule has 0 fully saturated rings. The minimum Gasteiger partial charge on any atom is -0.370 e. The van der Waals surface area contributed by atoms with E-state index in [1.807, 2.05) is 0 Å². The number of carbonyl (C=O) groups excluding carboxylic acids is 1. The van der Waals surface area contributed by atoms with Crippen LogP contribution >= 0.6 is 11.6 Å². The number of nitrogens with two attached hydrogens (primary N) is 1. The summed E-state index contributed by atoms with van der Waals surface area (Å²) in [4.78, 5) is 14.2. The second-order valence-electron chi connectivity index (χ2n) is 3.28. The van der Waals surface area contributed by atoms with Crippen LogP contribution in [0.25, 0.3) is 0 Å². The van der Waals surface area contributed by atoms with Crippen LogP contribution in [0.1, 0.15) is 12.8 Å². The zero-order valence-electron chi connectivity index (χ0n) is 8.89. The van der Waals surface area contributed by atoms with Crippen molar-refractivity contribution in [3.63, 3.8) is 0 Å². The number of sulfonamides is 1. The van der Waals surface area contributed by atoms with Gasteiger partial charge < -0.3 is 5.73 Å². The molecule has 6 nitrogen and oxygen atoms in total. The van der Waals surface area contributed by atoms with Gasteiger partial charge in [0.1, 0.15) is 5.15 Å². The molecule has 0 radical (unpaired) electrons. The third-order valence-electron chi connectivity index (χ3n) is 1.90. The summed E-state index contributed by atoms with van der Waals surface area (Å²) < 4.78 is 25.8. The molecule has 94 valence electrons. The number of nitrogens with zero attached hydrogens (tertiary/aromatic N) is 1. The van der Waals surface area contributed by atoms with Gasteiger partial charge in [-0.1, -0.05) is 11.6 Å². The number of nitrogens with one attached hydrogen (secondary N) is 1. The zero-order chi connectivity index (χ0) is 12.9. The van der Waals surface area contributed by atoms with Crippen molar-refractivity contribution in [1.82, 2.24) is 9.71 Å². The largest absolute Gasteiger partial charge is 0.370 e. The van der Waals surface area contributed by atoms with E-state index in [2.05, 4.69) is 9.71 Å². The van der Waals surface area contributed by atoms with Crippen LogP contribution < -0.4 is 10.5 Å². The van der Waals surface area contributed by atoms with E-state index in [4.69, 9.17) is 17.3 Å². The van der Waals surface area contributed by atoms with Crippen molar-refractivity contribution in [2.24, 2.45) is 5.73 Å². The van der Waals surface area contributed by atoms with Crippen LogP contribution in [0.2, 0.25) is 5.15 Å². The first-order chi connectivity index (χ1) is 7.92. The maximum absolute atomic E-state index is 11.7. The minimum absolute atomic E-state index is 0.0385. The van der Waals surface area contributed by atoms with Gasteiger partial charge in [0.05, 0.1) is 4.90 Å². The smallest absolute Gasteiger partial charge is 0.240 e. The number of hydrogen-bond donors (Lipinski definition) is 2. The molecular weight excluding hydrogens is 266 g/mol. The van der Waals surface area contributed by atoms with E-state index in [1.54, 1.807) is 0 Å². The summed E-state index contributed by atoms with van der Waals surface area (Å²) in [6.45, 7) is 0.144. The van der Waals surface area contributed by atoms with Gasteiger partial charge >= 0.3 is 0 Å². The molecule has 8 heteroatoms. The second kappa shape index (κ2) is 5.95. The van der Waals surface area contributed by atoms with Crippen molar-refractivity contribution in [2.45, 2.75) is 17.7 Å². The maximum atomic E-state index is 11.7.